The zero-order chi connectivity index (χ0) is 13.8. The van der Waals surface area contributed by atoms with E-state index in [1.807, 2.05) is 41.4 Å². The average Bonchev–Trinajstić information content (AvgIpc) is 2.53. The Balaban J connectivity index is 1.74. The van der Waals surface area contributed by atoms with E-state index in [4.69, 9.17) is 0 Å². The molecule has 0 saturated carbocycles. The average molecular weight is 266 g/mol. The third-order valence-electron chi connectivity index (χ3n) is 3.70. The van der Waals surface area contributed by atoms with Crippen molar-refractivity contribution < 1.29 is 4.79 Å². The van der Waals surface area contributed by atoms with Crippen LogP contribution in [0.3, 0.4) is 0 Å². The molecule has 1 fully saturated rings. The smallest absolute Gasteiger partial charge is 0.246 e. The van der Waals surface area contributed by atoms with Gasteiger partial charge in [0.2, 0.25) is 5.91 Å². The molecule has 1 amide bonds. The van der Waals surface area contributed by atoms with Crippen molar-refractivity contribution >= 4 is 22.9 Å². The van der Waals surface area contributed by atoms with Gasteiger partial charge in [-0.15, -0.1) is 0 Å². The first kappa shape index (κ1) is 12.9. The Labute approximate surface area is 118 Å². The number of benzene rings is 1. The number of para-hydroxylation sites is 1. The van der Waals surface area contributed by atoms with Gasteiger partial charge in [0.25, 0.3) is 0 Å². The lowest BCUT2D eigenvalue weighted by Gasteiger charge is -2.25. The molecular formula is C17H18N2O. The summed E-state index contributed by atoms with van der Waals surface area (Å²) in [5.74, 6) is 0.109. The van der Waals surface area contributed by atoms with Crippen LogP contribution in [-0.2, 0) is 4.79 Å². The molecule has 0 unspecified atom stereocenters. The van der Waals surface area contributed by atoms with E-state index >= 15 is 0 Å². The number of hydrogen-bond acceptors (Lipinski definition) is 2. The zero-order valence-electron chi connectivity index (χ0n) is 11.5. The maximum Gasteiger partial charge on any atom is 0.246 e. The summed E-state index contributed by atoms with van der Waals surface area (Å²) >= 11 is 0. The molecule has 2 aromatic rings. The predicted molar refractivity (Wildman–Crippen MR) is 81.2 cm³/mol. The van der Waals surface area contributed by atoms with E-state index in [9.17, 15) is 4.79 Å². The van der Waals surface area contributed by atoms with Gasteiger partial charge in [-0.25, -0.2) is 0 Å². The van der Waals surface area contributed by atoms with Gasteiger partial charge in [-0.3, -0.25) is 9.78 Å². The summed E-state index contributed by atoms with van der Waals surface area (Å²) in [6, 6.07) is 10.1. The lowest BCUT2D eigenvalue weighted by molar-refractivity contribution is -0.126. The molecule has 0 aliphatic carbocycles. The first-order chi connectivity index (χ1) is 9.83. The van der Waals surface area contributed by atoms with E-state index in [-0.39, 0.29) is 5.91 Å². The number of likely N-dealkylation sites (tertiary alicyclic amines) is 1. The standard InChI is InChI=1S/C17H18N2O/c20-17(19-10-4-1-5-11-19)9-8-14-12-15-6-2-3-7-16(15)18-13-14/h2-3,6-9,12-13H,1,4-5,10-11H2. The van der Waals surface area contributed by atoms with E-state index in [2.05, 4.69) is 11.1 Å². The second-order valence-electron chi connectivity index (χ2n) is 5.18. The first-order valence-corrected chi connectivity index (χ1v) is 7.15. The highest BCUT2D eigenvalue weighted by atomic mass is 16.2. The number of carbonyl (C=O) groups is 1. The van der Waals surface area contributed by atoms with Gasteiger partial charge in [0.05, 0.1) is 5.52 Å². The van der Waals surface area contributed by atoms with Crippen LogP contribution < -0.4 is 0 Å². The van der Waals surface area contributed by atoms with Crippen molar-refractivity contribution in [1.29, 1.82) is 0 Å². The lowest BCUT2D eigenvalue weighted by Crippen LogP contribution is -2.34. The van der Waals surface area contributed by atoms with Gasteiger partial charge in [0, 0.05) is 30.7 Å². The largest absolute Gasteiger partial charge is 0.339 e. The van der Waals surface area contributed by atoms with Crippen molar-refractivity contribution in [3.8, 4) is 0 Å². The number of hydrogen-bond donors (Lipinski definition) is 0. The summed E-state index contributed by atoms with van der Waals surface area (Å²) in [5.41, 5.74) is 1.95. The summed E-state index contributed by atoms with van der Waals surface area (Å²) < 4.78 is 0. The van der Waals surface area contributed by atoms with Crippen LogP contribution in [0.4, 0.5) is 0 Å². The van der Waals surface area contributed by atoms with E-state index in [0.717, 1.165) is 42.4 Å². The van der Waals surface area contributed by atoms with E-state index in [0.29, 0.717) is 0 Å². The van der Waals surface area contributed by atoms with Crippen LogP contribution in [0, 0.1) is 0 Å². The number of fused-ring (bicyclic) bond motifs is 1. The Morgan fingerprint density at radius 2 is 1.95 bits per heavy atom. The molecule has 0 spiro atoms. The van der Waals surface area contributed by atoms with E-state index in [1.54, 1.807) is 6.08 Å². The molecule has 1 aromatic heterocycles. The molecule has 2 heterocycles. The van der Waals surface area contributed by atoms with Gasteiger partial charge < -0.3 is 4.90 Å². The molecular weight excluding hydrogens is 248 g/mol. The Morgan fingerprint density at radius 3 is 2.80 bits per heavy atom. The minimum Gasteiger partial charge on any atom is -0.339 e. The van der Waals surface area contributed by atoms with Crippen molar-refractivity contribution in [3.63, 3.8) is 0 Å². The SMILES string of the molecule is O=C(C=Cc1cnc2ccccc2c1)N1CCCCC1. The van der Waals surface area contributed by atoms with E-state index < -0.39 is 0 Å². The third kappa shape index (κ3) is 2.87. The number of pyridine rings is 1. The minimum absolute atomic E-state index is 0.109. The zero-order valence-corrected chi connectivity index (χ0v) is 11.5. The molecule has 3 nitrogen and oxygen atoms in total. The molecule has 3 rings (SSSR count). The number of carbonyl (C=O) groups excluding carboxylic acids is 1. The molecule has 1 saturated heterocycles. The highest BCUT2D eigenvalue weighted by Gasteiger charge is 2.13. The Morgan fingerprint density at radius 1 is 1.15 bits per heavy atom. The Kier molecular flexibility index (Phi) is 3.77. The number of piperidine rings is 1. The molecule has 0 radical (unpaired) electrons. The molecule has 1 aliphatic heterocycles. The summed E-state index contributed by atoms with van der Waals surface area (Å²) in [5, 5.41) is 1.10. The molecule has 1 aliphatic rings. The van der Waals surface area contributed by atoms with Crippen molar-refractivity contribution in [2.24, 2.45) is 0 Å². The van der Waals surface area contributed by atoms with Crippen LogP contribution in [0.25, 0.3) is 17.0 Å². The predicted octanol–water partition coefficient (Wildman–Crippen LogP) is 3.26. The topological polar surface area (TPSA) is 33.2 Å². The van der Waals surface area contributed by atoms with Crippen LogP contribution in [0.1, 0.15) is 24.8 Å². The van der Waals surface area contributed by atoms with Crippen LogP contribution in [0.5, 0.6) is 0 Å². The normalized spacial score (nSPS) is 15.9. The molecule has 102 valence electrons. The summed E-state index contributed by atoms with van der Waals surface area (Å²) in [4.78, 5) is 18.4. The first-order valence-electron chi connectivity index (χ1n) is 7.15. The summed E-state index contributed by atoms with van der Waals surface area (Å²) in [6.07, 6.45) is 8.81. The van der Waals surface area contributed by atoms with Crippen molar-refractivity contribution in [1.82, 2.24) is 9.88 Å². The minimum atomic E-state index is 0.109. The fraction of sp³-hybridized carbons (Fsp3) is 0.294. The molecule has 0 bridgehead atoms. The van der Waals surface area contributed by atoms with Gasteiger partial charge >= 0.3 is 0 Å². The van der Waals surface area contributed by atoms with Gasteiger partial charge in [-0.2, -0.15) is 0 Å². The molecule has 0 N–H and O–H groups in total. The number of aromatic nitrogens is 1. The lowest BCUT2D eigenvalue weighted by atomic mass is 10.1. The monoisotopic (exact) mass is 266 g/mol. The second-order valence-corrected chi connectivity index (χ2v) is 5.18. The maximum atomic E-state index is 12.1. The maximum absolute atomic E-state index is 12.1. The fourth-order valence-corrected chi connectivity index (χ4v) is 2.57. The number of amides is 1. The van der Waals surface area contributed by atoms with Gasteiger partial charge in [0.1, 0.15) is 0 Å². The number of nitrogens with zero attached hydrogens (tertiary/aromatic N) is 2. The van der Waals surface area contributed by atoms with E-state index in [1.165, 1.54) is 6.42 Å². The molecule has 20 heavy (non-hydrogen) atoms. The van der Waals surface area contributed by atoms with Gasteiger partial charge in [0.15, 0.2) is 0 Å². The molecule has 3 heteroatoms. The van der Waals surface area contributed by atoms with Crippen molar-refractivity contribution in [2.45, 2.75) is 19.3 Å². The van der Waals surface area contributed by atoms with Gasteiger partial charge in [-0.1, -0.05) is 18.2 Å². The van der Waals surface area contributed by atoms with Crippen LogP contribution in [0.2, 0.25) is 0 Å². The fourth-order valence-electron chi connectivity index (χ4n) is 2.57. The Bertz CT molecular complexity index is 642. The van der Waals surface area contributed by atoms with Crippen molar-refractivity contribution in [3.05, 3.63) is 48.2 Å². The van der Waals surface area contributed by atoms with Crippen molar-refractivity contribution in [2.75, 3.05) is 13.1 Å². The molecule has 1 aromatic carbocycles. The van der Waals surface area contributed by atoms with Crippen LogP contribution in [-0.4, -0.2) is 28.9 Å². The second kappa shape index (κ2) is 5.87. The van der Waals surface area contributed by atoms with Crippen LogP contribution >= 0.6 is 0 Å². The van der Waals surface area contributed by atoms with Crippen LogP contribution in [0.15, 0.2) is 42.6 Å². The highest BCUT2D eigenvalue weighted by Crippen LogP contribution is 2.14. The Hall–Kier alpha value is -2.16. The summed E-state index contributed by atoms with van der Waals surface area (Å²) in [7, 11) is 0. The highest BCUT2D eigenvalue weighted by molar-refractivity contribution is 5.92. The van der Waals surface area contributed by atoms with Gasteiger partial charge in [-0.05, 0) is 43.0 Å². The third-order valence-corrected chi connectivity index (χ3v) is 3.70. The molecule has 0 atom stereocenters. The summed E-state index contributed by atoms with van der Waals surface area (Å²) in [6.45, 7) is 1.78. The quantitative estimate of drug-likeness (QED) is 0.782. The number of rotatable bonds is 2.